The van der Waals surface area contributed by atoms with Crippen LogP contribution >= 0.6 is 0 Å². The average Bonchev–Trinajstić information content (AvgIpc) is 2.94. The first-order chi connectivity index (χ1) is 10.6. The number of nitrogens with zero attached hydrogens (tertiary/aromatic N) is 1. The van der Waals surface area contributed by atoms with Crippen LogP contribution in [0.1, 0.15) is 25.3 Å². The minimum atomic E-state index is -0.498. The lowest BCUT2D eigenvalue weighted by atomic mass is 10.2. The highest BCUT2D eigenvalue weighted by Gasteiger charge is 2.54. The van der Waals surface area contributed by atoms with Gasteiger partial charge in [0.05, 0.1) is 6.54 Å². The predicted molar refractivity (Wildman–Crippen MR) is 80.9 cm³/mol. The molecular formula is C16H23N2O4+. The van der Waals surface area contributed by atoms with Crippen molar-refractivity contribution in [3.63, 3.8) is 0 Å². The second kappa shape index (κ2) is 7.38. The van der Waals surface area contributed by atoms with Gasteiger partial charge in [0, 0.05) is 20.0 Å². The van der Waals surface area contributed by atoms with E-state index in [1.807, 2.05) is 37.3 Å². The molecule has 1 aromatic rings. The van der Waals surface area contributed by atoms with Crippen LogP contribution in [0.25, 0.3) is 0 Å². The van der Waals surface area contributed by atoms with E-state index in [0.29, 0.717) is 6.54 Å². The number of hydrogen-bond acceptors (Lipinski definition) is 4. The van der Waals surface area contributed by atoms with Crippen molar-refractivity contribution in [3.8, 4) is 0 Å². The number of carbonyl (C=O) groups excluding carboxylic acids is 2. The van der Waals surface area contributed by atoms with E-state index in [2.05, 4.69) is 5.32 Å². The van der Waals surface area contributed by atoms with Gasteiger partial charge in [0.25, 0.3) is 0 Å². The molecule has 6 nitrogen and oxygen atoms in total. The highest BCUT2D eigenvalue weighted by molar-refractivity contribution is 5.80. The quantitative estimate of drug-likeness (QED) is 0.686. The number of rotatable bonds is 4. The second-order valence-electron chi connectivity index (χ2n) is 5.54. The highest BCUT2D eigenvalue weighted by atomic mass is 16.6. The summed E-state index contributed by atoms with van der Waals surface area (Å²) in [7, 11) is 1.49. The Balaban J connectivity index is 2.08. The molecule has 1 saturated heterocycles. The van der Waals surface area contributed by atoms with Crippen LogP contribution in [0.3, 0.4) is 0 Å². The molecule has 0 aliphatic carbocycles. The third kappa shape index (κ3) is 3.28. The van der Waals surface area contributed by atoms with Crippen LogP contribution in [-0.4, -0.2) is 43.0 Å². The minimum Gasteiger partial charge on any atom is -0.415 e. The van der Waals surface area contributed by atoms with Gasteiger partial charge in [-0.2, -0.15) is 4.79 Å². The molecular weight excluding hydrogens is 284 g/mol. The Labute approximate surface area is 130 Å². The van der Waals surface area contributed by atoms with Gasteiger partial charge in [-0.25, -0.2) is 4.79 Å². The van der Waals surface area contributed by atoms with Crippen LogP contribution in [0.2, 0.25) is 0 Å². The van der Waals surface area contributed by atoms with E-state index in [9.17, 15) is 9.59 Å². The zero-order valence-electron chi connectivity index (χ0n) is 13.1. The molecule has 1 aromatic carbocycles. The average molecular weight is 307 g/mol. The normalized spacial score (nSPS) is 24.0. The fraction of sp³-hybridized carbons (Fsp3) is 0.500. The second-order valence-corrected chi connectivity index (χ2v) is 5.54. The number of urea groups is 1. The van der Waals surface area contributed by atoms with E-state index < -0.39 is 6.09 Å². The fourth-order valence-electron chi connectivity index (χ4n) is 2.84. The van der Waals surface area contributed by atoms with Crippen molar-refractivity contribution in [2.45, 2.75) is 32.4 Å². The Morgan fingerprint density at radius 2 is 2.05 bits per heavy atom. The lowest BCUT2D eigenvalue weighted by Gasteiger charge is -2.31. The number of nitrogens with one attached hydrogen (secondary N) is 1. The zero-order chi connectivity index (χ0) is 16.0. The van der Waals surface area contributed by atoms with Crippen LogP contribution in [0.15, 0.2) is 30.3 Å². The van der Waals surface area contributed by atoms with Gasteiger partial charge in [0.1, 0.15) is 19.4 Å². The molecule has 1 aliphatic rings. The monoisotopic (exact) mass is 307 g/mol. The van der Waals surface area contributed by atoms with Crippen molar-refractivity contribution >= 4 is 12.1 Å². The van der Waals surface area contributed by atoms with E-state index in [0.717, 1.165) is 18.4 Å². The number of amides is 3. The predicted octanol–water partition coefficient (Wildman–Crippen LogP) is 2.64. The molecule has 6 heteroatoms. The lowest BCUT2D eigenvalue weighted by molar-refractivity contribution is -0.788. The molecule has 3 amide bonds. The number of carbonyl (C=O) groups is 2. The molecule has 1 aliphatic heterocycles. The zero-order valence-corrected chi connectivity index (χ0v) is 13.1. The molecule has 1 fully saturated rings. The van der Waals surface area contributed by atoms with Gasteiger partial charge in [-0.3, -0.25) is 5.32 Å². The van der Waals surface area contributed by atoms with E-state index >= 15 is 0 Å². The number of methoxy groups -OCH3 is 1. The summed E-state index contributed by atoms with van der Waals surface area (Å²) in [6.45, 7) is 2.62. The molecule has 1 heterocycles. The Bertz CT molecular complexity index is 520. The van der Waals surface area contributed by atoms with E-state index in [1.54, 1.807) is 0 Å². The topological polar surface area (TPSA) is 64.6 Å². The number of imide groups is 1. The van der Waals surface area contributed by atoms with E-state index in [-0.39, 0.29) is 29.9 Å². The summed E-state index contributed by atoms with van der Waals surface area (Å²) in [6, 6.07) is 8.99. The standard InChI is InChI=1S/C16H22N2O4/c1-13-7-6-10-18(13,15(19)17-12-21-2)16(20)22-11-14-8-4-3-5-9-14/h3-5,8-9,13H,6-7,10-12H2,1-2H3/p+1/t13-,18?/m1/s1. The van der Waals surface area contributed by atoms with Crippen molar-refractivity contribution in [3.05, 3.63) is 35.9 Å². The number of likely N-dealkylation sites (tertiary alicyclic amines) is 1. The summed E-state index contributed by atoms with van der Waals surface area (Å²) in [5.41, 5.74) is 0.901. The Kier molecular flexibility index (Phi) is 5.51. The first kappa shape index (κ1) is 16.5. The Morgan fingerprint density at radius 1 is 1.32 bits per heavy atom. The van der Waals surface area contributed by atoms with Gasteiger partial charge in [-0.05, 0) is 12.5 Å². The minimum absolute atomic E-state index is 0.0809. The summed E-state index contributed by atoms with van der Waals surface area (Å²) in [5, 5.41) is 2.63. The maximum Gasteiger partial charge on any atom is 0.525 e. The van der Waals surface area contributed by atoms with Crippen molar-refractivity contribution in [2.75, 3.05) is 20.4 Å². The molecule has 1 N–H and O–H groups in total. The number of benzene rings is 1. The SMILES string of the molecule is COCNC(=O)[N+]1(C(=O)OCc2ccccc2)CCC[C@H]1C. The molecule has 2 rings (SSSR count). The van der Waals surface area contributed by atoms with Crippen molar-refractivity contribution in [1.82, 2.24) is 5.32 Å². The lowest BCUT2D eigenvalue weighted by Crippen LogP contribution is -2.62. The summed E-state index contributed by atoms with van der Waals surface area (Å²) in [5.74, 6) is 0. The van der Waals surface area contributed by atoms with Gasteiger partial charge in [0.15, 0.2) is 0 Å². The summed E-state index contributed by atoms with van der Waals surface area (Å²) in [6.07, 6.45) is 1.14. The fourth-order valence-corrected chi connectivity index (χ4v) is 2.84. The maximum atomic E-state index is 12.6. The first-order valence-electron chi connectivity index (χ1n) is 7.47. The molecule has 22 heavy (non-hydrogen) atoms. The summed E-state index contributed by atoms with van der Waals surface area (Å²) >= 11 is 0. The van der Waals surface area contributed by atoms with Crippen molar-refractivity contribution < 1.29 is 23.5 Å². The molecule has 0 spiro atoms. The Hall–Kier alpha value is -1.92. The van der Waals surface area contributed by atoms with Crippen molar-refractivity contribution in [2.24, 2.45) is 0 Å². The van der Waals surface area contributed by atoms with Crippen LogP contribution in [-0.2, 0) is 16.1 Å². The van der Waals surface area contributed by atoms with Crippen LogP contribution < -0.4 is 5.32 Å². The van der Waals surface area contributed by atoms with Gasteiger partial charge >= 0.3 is 12.1 Å². The molecule has 1 unspecified atom stereocenters. The molecule has 2 atom stereocenters. The van der Waals surface area contributed by atoms with Crippen molar-refractivity contribution in [1.29, 1.82) is 0 Å². The Morgan fingerprint density at radius 3 is 2.64 bits per heavy atom. The molecule has 0 saturated carbocycles. The maximum absolute atomic E-state index is 12.6. The van der Waals surface area contributed by atoms with Gasteiger partial charge in [-0.15, -0.1) is 4.48 Å². The largest absolute Gasteiger partial charge is 0.525 e. The molecule has 0 aromatic heterocycles. The summed E-state index contributed by atoms with van der Waals surface area (Å²) < 4.78 is 9.98. The molecule has 0 bridgehead atoms. The molecule has 120 valence electrons. The van der Waals surface area contributed by atoms with Gasteiger partial charge in [-0.1, -0.05) is 30.3 Å². The van der Waals surface area contributed by atoms with Crippen LogP contribution in [0.4, 0.5) is 9.59 Å². The number of hydrogen-bond donors (Lipinski definition) is 1. The summed E-state index contributed by atoms with van der Waals surface area (Å²) in [4.78, 5) is 25.1. The van der Waals surface area contributed by atoms with Gasteiger partial charge in [0.2, 0.25) is 0 Å². The first-order valence-corrected chi connectivity index (χ1v) is 7.47. The third-order valence-electron chi connectivity index (χ3n) is 4.15. The van der Waals surface area contributed by atoms with Crippen LogP contribution in [0.5, 0.6) is 0 Å². The van der Waals surface area contributed by atoms with Gasteiger partial charge < -0.3 is 9.47 Å². The van der Waals surface area contributed by atoms with Crippen LogP contribution in [0, 0.1) is 0 Å². The molecule has 0 radical (unpaired) electrons. The number of quaternary nitrogens is 1. The smallest absolute Gasteiger partial charge is 0.415 e. The number of ether oxygens (including phenoxy) is 2. The van der Waals surface area contributed by atoms with E-state index in [4.69, 9.17) is 9.47 Å². The highest BCUT2D eigenvalue weighted by Crippen LogP contribution is 2.29. The van der Waals surface area contributed by atoms with E-state index in [1.165, 1.54) is 7.11 Å². The third-order valence-corrected chi connectivity index (χ3v) is 4.15.